The molecule has 0 radical (unpaired) electrons. The van der Waals surface area contributed by atoms with E-state index in [1.54, 1.807) is 28.2 Å². The summed E-state index contributed by atoms with van der Waals surface area (Å²) in [5.41, 5.74) is 6.59. The molecule has 1 unspecified atom stereocenters. The summed E-state index contributed by atoms with van der Waals surface area (Å²) in [4.78, 5) is 48.9. The zero-order valence-corrected chi connectivity index (χ0v) is 36.4. The van der Waals surface area contributed by atoms with Crippen molar-refractivity contribution in [2.24, 2.45) is 7.05 Å². The number of H-pyrrole nitrogens is 1. The number of nitrogens with one attached hydrogen (secondary N) is 5. The summed E-state index contributed by atoms with van der Waals surface area (Å²) in [5, 5.41) is 18.2. The summed E-state index contributed by atoms with van der Waals surface area (Å²) in [6.45, 7) is 4.45. The molecule has 6 aromatic rings. The average Bonchev–Trinajstić information content (AvgIpc) is 4.04. The van der Waals surface area contributed by atoms with Gasteiger partial charge in [0.05, 0.1) is 46.8 Å². The van der Waals surface area contributed by atoms with Crippen LogP contribution in [0.25, 0.3) is 27.9 Å². The number of aryl methyl sites for hydroxylation is 2. The fraction of sp³-hybridized carbons (Fsp3) is 0.465. The van der Waals surface area contributed by atoms with E-state index in [4.69, 9.17) is 47.6 Å². The van der Waals surface area contributed by atoms with Crippen LogP contribution >= 0.6 is 23.2 Å². The largest absolute Gasteiger partial charge is 0.484 e. The highest BCUT2D eigenvalue weighted by molar-refractivity contribution is 6.34. The Labute approximate surface area is 369 Å². The first kappa shape index (κ1) is 43.2. The van der Waals surface area contributed by atoms with Gasteiger partial charge in [-0.3, -0.25) is 18.8 Å². The Morgan fingerprint density at radius 1 is 1.02 bits per heavy atom. The van der Waals surface area contributed by atoms with Crippen molar-refractivity contribution in [1.82, 2.24) is 49.9 Å². The smallest absolute Gasteiger partial charge is 0.257 e. The highest BCUT2D eigenvalue weighted by Gasteiger charge is 2.24. The van der Waals surface area contributed by atoms with E-state index in [0.717, 1.165) is 110 Å². The number of ether oxygens (including phenoxy) is 2. The number of carbonyl (C=O) groups is 2. The normalized spacial score (nSPS) is 15.2. The first-order valence-corrected chi connectivity index (χ1v) is 22.3. The van der Waals surface area contributed by atoms with E-state index in [-0.39, 0.29) is 30.4 Å². The molecular formula is C43H53Cl2N13O4. The third-order valence-corrected chi connectivity index (χ3v) is 11.6. The van der Waals surface area contributed by atoms with E-state index in [0.29, 0.717) is 66.4 Å². The first-order chi connectivity index (χ1) is 30.3. The van der Waals surface area contributed by atoms with Crippen LogP contribution in [0.5, 0.6) is 5.75 Å². The van der Waals surface area contributed by atoms with Crippen LogP contribution in [0.1, 0.15) is 74.7 Å². The molecule has 328 valence electrons. The average molecular weight is 887 g/mol. The second-order valence-electron chi connectivity index (χ2n) is 15.7. The molecule has 17 nitrogen and oxygen atoms in total. The predicted octanol–water partition coefficient (Wildman–Crippen LogP) is 6.21. The Morgan fingerprint density at radius 3 is 2.65 bits per heavy atom. The number of imidazole rings is 2. The molecule has 1 fully saturated rings. The molecule has 0 spiro atoms. The van der Waals surface area contributed by atoms with Crippen molar-refractivity contribution < 1.29 is 19.1 Å². The van der Waals surface area contributed by atoms with Gasteiger partial charge in [-0.15, -0.1) is 11.6 Å². The Bertz CT molecular complexity index is 2480. The lowest BCUT2D eigenvalue weighted by molar-refractivity contribution is -0.123. The van der Waals surface area contributed by atoms with E-state index < -0.39 is 0 Å². The van der Waals surface area contributed by atoms with Crippen LogP contribution in [0.15, 0.2) is 49.1 Å². The fourth-order valence-corrected chi connectivity index (χ4v) is 8.26. The van der Waals surface area contributed by atoms with Gasteiger partial charge < -0.3 is 40.6 Å². The van der Waals surface area contributed by atoms with E-state index in [2.05, 4.69) is 36.3 Å². The van der Waals surface area contributed by atoms with Crippen molar-refractivity contribution in [3.63, 3.8) is 0 Å². The SMILES string of the molecule is Cn1cc(-n2cnc3c(NCc4nc5cc(Cl)c(NCCCCCCCCCNC(=O)COc6ccc7c(c6)CCCN7C(=O)CCl)cc5[nH]4)nc(C4CNCCO4)nc32)cn1. The molecule has 2 aliphatic heterocycles. The van der Waals surface area contributed by atoms with E-state index in [1.165, 1.54) is 0 Å². The molecule has 2 aliphatic rings. The number of hydrogen-bond acceptors (Lipinski definition) is 12. The zero-order chi connectivity index (χ0) is 42.8. The number of aromatic nitrogens is 8. The van der Waals surface area contributed by atoms with Gasteiger partial charge in [0.15, 0.2) is 29.4 Å². The molecule has 2 amide bonds. The number of fused-ring (bicyclic) bond motifs is 3. The first-order valence-electron chi connectivity index (χ1n) is 21.4. The predicted molar refractivity (Wildman–Crippen MR) is 241 cm³/mol. The molecule has 8 rings (SSSR count). The van der Waals surface area contributed by atoms with Gasteiger partial charge in [0.1, 0.15) is 29.9 Å². The molecule has 6 heterocycles. The maximum atomic E-state index is 12.4. The molecule has 1 saturated heterocycles. The number of amides is 2. The highest BCUT2D eigenvalue weighted by Crippen LogP contribution is 2.32. The number of morpholine rings is 1. The van der Waals surface area contributed by atoms with Gasteiger partial charge in [-0.2, -0.15) is 5.10 Å². The highest BCUT2D eigenvalue weighted by atomic mass is 35.5. The molecular weight excluding hydrogens is 833 g/mol. The van der Waals surface area contributed by atoms with Crippen molar-refractivity contribution in [1.29, 1.82) is 0 Å². The van der Waals surface area contributed by atoms with Crippen LogP contribution in [0.2, 0.25) is 5.02 Å². The lowest BCUT2D eigenvalue weighted by Crippen LogP contribution is -2.36. The molecule has 0 aliphatic carbocycles. The van der Waals surface area contributed by atoms with E-state index >= 15 is 0 Å². The zero-order valence-electron chi connectivity index (χ0n) is 34.9. The third-order valence-electron chi connectivity index (χ3n) is 11.1. The van der Waals surface area contributed by atoms with Gasteiger partial charge in [0, 0.05) is 51.7 Å². The van der Waals surface area contributed by atoms with Gasteiger partial charge >= 0.3 is 0 Å². The van der Waals surface area contributed by atoms with Crippen molar-refractivity contribution in [3.05, 3.63) is 71.3 Å². The van der Waals surface area contributed by atoms with Crippen LogP contribution < -0.4 is 30.9 Å². The van der Waals surface area contributed by atoms with Crippen molar-refractivity contribution in [2.45, 2.75) is 70.4 Å². The quantitative estimate of drug-likeness (QED) is 0.0431. The second kappa shape index (κ2) is 20.6. The van der Waals surface area contributed by atoms with Crippen LogP contribution in [0, 0.1) is 0 Å². The van der Waals surface area contributed by atoms with Crippen LogP contribution in [-0.2, 0) is 34.3 Å². The molecule has 2 aromatic carbocycles. The van der Waals surface area contributed by atoms with Gasteiger partial charge in [-0.1, -0.05) is 43.7 Å². The number of benzene rings is 2. The van der Waals surface area contributed by atoms with Crippen LogP contribution in [0.3, 0.4) is 0 Å². The number of aromatic amines is 1. The second-order valence-corrected chi connectivity index (χ2v) is 16.3. The molecule has 5 N–H and O–H groups in total. The molecule has 0 saturated carbocycles. The number of halogens is 2. The van der Waals surface area contributed by atoms with E-state index in [1.807, 2.05) is 42.1 Å². The lowest BCUT2D eigenvalue weighted by atomic mass is 10.0. The van der Waals surface area contributed by atoms with Crippen LogP contribution in [0.4, 0.5) is 17.2 Å². The number of hydrogen-bond donors (Lipinski definition) is 5. The number of anilines is 3. The Hall–Kier alpha value is -5.49. The number of nitrogens with zero attached hydrogens (tertiary/aromatic N) is 8. The molecule has 62 heavy (non-hydrogen) atoms. The standard InChI is InChI=1S/C43H53Cl2N13O4/c1-56-25-29(22-51-56)58-27-50-40-42(54-41(55-43(40)58)36-23-46-15-17-61-36)49-24-37-52-33-19-31(45)32(20-34(33)53-37)47-13-7-5-3-2-4-6-8-14-48-38(59)26-62-30-11-12-35-28(18-30)10-9-16-57(35)39(60)21-44/h11-12,18-20,22,25,27,36,46-47H,2-10,13-17,21,23-24,26H2,1H3,(H,48,59)(H,52,53)(H,49,54,55). The summed E-state index contributed by atoms with van der Waals surface area (Å²) >= 11 is 12.5. The van der Waals surface area contributed by atoms with Crippen LogP contribution in [-0.4, -0.2) is 103 Å². The van der Waals surface area contributed by atoms with Gasteiger partial charge in [0.2, 0.25) is 5.91 Å². The molecule has 19 heteroatoms. The summed E-state index contributed by atoms with van der Waals surface area (Å²) in [6, 6.07) is 9.49. The molecule has 0 bridgehead atoms. The Kier molecular flexibility index (Phi) is 14.3. The number of rotatable bonds is 20. The maximum Gasteiger partial charge on any atom is 0.257 e. The topological polar surface area (TPSA) is 194 Å². The van der Waals surface area contributed by atoms with Crippen molar-refractivity contribution in [2.75, 3.05) is 67.4 Å². The molecule has 1 atom stereocenters. The lowest BCUT2D eigenvalue weighted by Gasteiger charge is -2.29. The van der Waals surface area contributed by atoms with Crippen molar-refractivity contribution in [3.8, 4) is 11.4 Å². The monoisotopic (exact) mass is 885 g/mol. The summed E-state index contributed by atoms with van der Waals surface area (Å²) < 4.78 is 15.4. The maximum absolute atomic E-state index is 12.4. The minimum Gasteiger partial charge on any atom is -0.484 e. The third kappa shape index (κ3) is 10.6. The minimum atomic E-state index is -0.283. The Morgan fingerprint density at radius 2 is 1.85 bits per heavy atom. The number of carbonyl (C=O) groups excluding carboxylic acids is 2. The summed E-state index contributed by atoms with van der Waals surface area (Å²) in [7, 11) is 1.87. The number of alkyl halides is 1. The minimum absolute atomic E-state index is 0.0384. The summed E-state index contributed by atoms with van der Waals surface area (Å²) in [5.74, 6) is 2.25. The summed E-state index contributed by atoms with van der Waals surface area (Å²) in [6.07, 6.45) is 14.4. The van der Waals surface area contributed by atoms with Crippen molar-refractivity contribution >= 4 is 74.4 Å². The van der Waals surface area contributed by atoms with Gasteiger partial charge in [0.25, 0.3) is 5.91 Å². The van der Waals surface area contributed by atoms with E-state index in [9.17, 15) is 9.59 Å². The Balaban J connectivity index is 0.734. The fourth-order valence-electron chi connectivity index (χ4n) is 7.89. The number of unbranched alkanes of at least 4 members (excludes halogenated alkanes) is 6. The van der Waals surface area contributed by atoms with Gasteiger partial charge in [-0.05, 0) is 61.6 Å². The van der Waals surface area contributed by atoms with Gasteiger partial charge in [-0.25, -0.2) is 19.9 Å². The molecule has 4 aromatic heterocycles.